The molecule has 0 aromatic carbocycles. The van der Waals surface area contributed by atoms with Crippen LogP contribution in [0.15, 0.2) is 0 Å². The molecule has 3 heteroatoms. The average molecular weight is 224 g/mol. The zero-order valence-corrected chi connectivity index (χ0v) is 10.3. The van der Waals surface area contributed by atoms with Crippen molar-refractivity contribution in [2.45, 2.75) is 57.2 Å². The van der Waals surface area contributed by atoms with E-state index in [2.05, 4.69) is 17.6 Å². The van der Waals surface area contributed by atoms with Crippen LogP contribution in [0.3, 0.4) is 0 Å². The Hall–Kier alpha value is -0.120. The van der Waals surface area contributed by atoms with Gasteiger partial charge in [0.2, 0.25) is 0 Å². The van der Waals surface area contributed by atoms with Crippen molar-refractivity contribution in [3.63, 3.8) is 0 Å². The molecule has 0 radical (unpaired) electrons. The van der Waals surface area contributed by atoms with E-state index >= 15 is 0 Å². The van der Waals surface area contributed by atoms with Crippen LogP contribution in [0, 0.1) is 5.41 Å². The highest BCUT2D eigenvalue weighted by atomic mass is 16.5. The van der Waals surface area contributed by atoms with E-state index in [0.29, 0.717) is 5.41 Å². The molecule has 0 aromatic heterocycles. The number of hydrogen-bond donors (Lipinski definition) is 2. The van der Waals surface area contributed by atoms with Crippen LogP contribution in [0.4, 0.5) is 0 Å². The van der Waals surface area contributed by atoms with Gasteiger partial charge in [-0.1, -0.05) is 6.92 Å². The van der Waals surface area contributed by atoms with E-state index < -0.39 is 0 Å². The largest absolute Gasteiger partial charge is 0.381 e. The summed E-state index contributed by atoms with van der Waals surface area (Å²) < 4.78 is 5.39. The fraction of sp³-hybridized carbons (Fsp3) is 1.00. The van der Waals surface area contributed by atoms with E-state index in [4.69, 9.17) is 4.74 Å². The lowest BCUT2D eigenvalue weighted by atomic mass is 9.56. The van der Waals surface area contributed by atoms with Gasteiger partial charge in [0.15, 0.2) is 0 Å². The molecule has 2 heterocycles. The first-order valence-corrected chi connectivity index (χ1v) is 6.89. The van der Waals surface area contributed by atoms with Gasteiger partial charge < -0.3 is 15.4 Å². The molecule has 2 aliphatic heterocycles. The maximum absolute atomic E-state index is 5.39. The zero-order valence-electron chi connectivity index (χ0n) is 10.3. The van der Waals surface area contributed by atoms with E-state index in [9.17, 15) is 0 Å². The molecule has 1 aliphatic carbocycles. The van der Waals surface area contributed by atoms with Crippen LogP contribution < -0.4 is 10.6 Å². The molecule has 1 atom stereocenters. The lowest BCUT2D eigenvalue weighted by Crippen LogP contribution is -2.71. The molecule has 0 aromatic rings. The normalized spacial score (nSPS) is 44.1. The van der Waals surface area contributed by atoms with Gasteiger partial charge in [-0.25, -0.2) is 0 Å². The number of ether oxygens (including phenoxy) is 1. The first kappa shape index (κ1) is 11.0. The molecule has 2 N–H and O–H groups in total. The van der Waals surface area contributed by atoms with E-state index in [1.807, 2.05) is 0 Å². The van der Waals surface area contributed by atoms with Crippen molar-refractivity contribution in [1.82, 2.24) is 10.6 Å². The molecule has 1 spiro atoms. The molecule has 3 nitrogen and oxygen atoms in total. The maximum atomic E-state index is 5.39. The van der Waals surface area contributed by atoms with Gasteiger partial charge in [0.05, 0.1) is 0 Å². The van der Waals surface area contributed by atoms with Crippen molar-refractivity contribution in [1.29, 1.82) is 0 Å². The van der Waals surface area contributed by atoms with Gasteiger partial charge in [0.1, 0.15) is 0 Å². The highest BCUT2D eigenvalue weighted by molar-refractivity contribution is 5.11. The Labute approximate surface area is 98.3 Å². The van der Waals surface area contributed by atoms with Gasteiger partial charge in [-0.05, 0) is 32.1 Å². The summed E-state index contributed by atoms with van der Waals surface area (Å²) in [4.78, 5) is 0. The van der Waals surface area contributed by atoms with Gasteiger partial charge in [-0.15, -0.1) is 0 Å². The first-order valence-electron chi connectivity index (χ1n) is 6.89. The summed E-state index contributed by atoms with van der Waals surface area (Å²) >= 11 is 0. The summed E-state index contributed by atoms with van der Waals surface area (Å²) in [5, 5.41) is 7.38. The van der Waals surface area contributed by atoms with Crippen molar-refractivity contribution in [3.8, 4) is 0 Å². The van der Waals surface area contributed by atoms with Crippen molar-refractivity contribution < 1.29 is 4.74 Å². The van der Waals surface area contributed by atoms with Crippen LogP contribution in [0.25, 0.3) is 0 Å². The minimum Gasteiger partial charge on any atom is -0.381 e. The Balaban J connectivity index is 1.43. The molecular weight excluding hydrogens is 200 g/mol. The maximum Gasteiger partial charge on any atom is 0.0480 e. The second-order valence-corrected chi connectivity index (χ2v) is 5.86. The molecule has 2 saturated heterocycles. The second kappa shape index (κ2) is 4.28. The third-order valence-corrected chi connectivity index (χ3v) is 4.85. The summed E-state index contributed by atoms with van der Waals surface area (Å²) in [6.45, 7) is 5.47. The molecule has 0 amide bonds. The fourth-order valence-corrected chi connectivity index (χ4v) is 3.78. The minimum absolute atomic E-state index is 0.678. The van der Waals surface area contributed by atoms with E-state index in [1.165, 1.54) is 38.6 Å². The SMILES string of the molecule is CCC1NCC12CC(NC1CCOCC1)C2. The zero-order chi connectivity index (χ0) is 11.0. The summed E-state index contributed by atoms with van der Waals surface area (Å²) in [7, 11) is 0. The Kier molecular flexibility index (Phi) is 2.94. The van der Waals surface area contributed by atoms with Gasteiger partial charge in [-0.2, -0.15) is 0 Å². The summed E-state index contributed by atoms with van der Waals surface area (Å²) in [6, 6.07) is 2.32. The summed E-state index contributed by atoms with van der Waals surface area (Å²) in [5.41, 5.74) is 0.678. The quantitative estimate of drug-likeness (QED) is 0.758. The molecule has 1 unspecified atom stereocenters. The van der Waals surface area contributed by atoms with Crippen molar-refractivity contribution in [2.24, 2.45) is 5.41 Å². The van der Waals surface area contributed by atoms with Crippen LogP contribution in [0.2, 0.25) is 0 Å². The highest BCUT2D eigenvalue weighted by Crippen LogP contribution is 2.49. The van der Waals surface area contributed by atoms with Crippen LogP contribution in [0.5, 0.6) is 0 Å². The monoisotopic (exact) mass is 224 g/mol. The highest BCUT2D eigenvalue weighted by Gasteiger charge is 2.54. The Bertz CT molecular complexity index is 240. The summed E-state index contributed by atoms with van der Waals surface area (Å²) in [6.07, 6.45) is 6.51. The molecule has 92 valence electrons. The van der Waals surface area contributed by atoms with Crippen LogP contribution in [-0.4, -0.2) is 37.9 Å². The van der Waals surface area contributed by atoms with Crippen LogP contribution in [-0.2, 0) is 4.74 Å². The van der Waals surface area contributed by atoms with Gasteiger partial charge in [0.25, 0.3) is 0 Å². The molecular formula is C13H24N2O. The Morgan fingerprint density at radius 2 is 2.00 bits per heavy atom. The standard InChI is InChI=1S/C13H24N2O/c1-2-12-13(9-14-12)7-11(8-13)15-10-3-5-16-6-4-10/h10-12,14-15H,2-9H2,1H3. The lowest BCUT2D eigenvalue weighted by Gasteiger charge is -2.60. The molecule has 16 heavy (non-hydrogen) atoms. The fourth-order valence-electron chi connectivity index (χ4n) is 3.78. The number of hydrogen-bond acceptors (Lipinski definition) is 3. The van der Waals surface area contributed by atoms with Crippen molar-refractivity contribution in [3.05, 3.63) is 0 Å². The topological polar surface area (TPSA) is 33.3 Å². The second-order valence-electron chi connectivity index (χ2n) is 5.86. The van der Waals surface area contributed by atoms with E-state index in [0.717, 1.165) is 31.3 Å². The molecule has 1 saturated carbocycles. The molecule has 3 rings (SSSR count). The average Bonchev–Trinajstić information content (AvgIpc) is 2.23. The lowest BCUT2D eigenvalue weighted by molar-refractivity contribution is -0.0409. The van der Waals surface area contributed by atoms with E-state index in [-0.39, 0.29) is 0 Å². The van der Waals surface area contributed by atoms with Crippen molar-refractivity contribution in [2.75, 3.05) is 19.8 Å². The first-order chi connectivity index (χ1) is 7.82. The predicted molar refractivity (Wildman–Crippen MR) is 64.5 cm³/mol. The molecule has 3 fully saturated rings. The van der Waals surface area contributed by atoms with Gasteiger partial charge in [-0.3, -0.25) is 0 Å². The third kappa shape index (κ3) is 1.79. The Morgan fingerprint density at radius 1 is 1.25 bits per heavy atom. The predicted octanol–water partition coefficient (Wildman–Crippen LogP) is 1.29. The van der Waals surface area contributed by atoms with Crippen molar-refractivity contribution >= 4 is 0 Å². The number of rotatable bonds is 3. The van der Waals surface area contributed by atoms with E-state index in [1.54, 1.807) is 0 Å². The van der Waals surface area contributed by atoms with Crippen LogP contribution in [0.1, 0.15) is 39.0 Å². The Morgan fingerprint density at radius 3 is 2.56 bits per heavy atom. The molecule has 3 aliphatic rings. The van der Waals surface area contributed by atoms with Gasteiger partial charge >= 0.3 is 0 Å². The van der Waals surface area contributed by atoms with Crippen LogP contribution >= 0.6 is 0 Å². The smallest absolute Gasteiger partial charge is 0.0480 e. The summed E-state index contributed by atoms with van der Waals surface area (Å²) in [5.74, 6) is 0. The minimum atomic E-state index is 0.678. The van der Waals surface area contributed by atoms with Gasteiger partial charge in [0, 0.05) is 43.3 Å². The molecule has 0 bridgehead atoms. The number of nitrogens with one attached hydrogen (secondary N) is 2. The third-order valence-electron chi connectivity index (χ3n) is 4.85.